The van der Waals surface area contributed by atoms with Gasteiger partial charge in [-0.05, 0) is 24.2 Å². The predicted molar refractivity (Wildman–Crippen MR) is 57.0 cm³/mol. The molecular formula is C11H15N3O. The summed E-state index contributed by atoms with van der Waals surface area (Å²) in [6, 6.07) is 5.68. The minimum absolute atomic E-state index is 0.157. The summed E-state index contributed by atoms with van der Waals surface area (Å²) in [4.78, 5) is 6.02. The van der Waals surface area contributed by atoms with Crippen molar-refractivity contribution in [3.05, 3.63) is 29.6 Å². The van der Waals surface area contributed by atoms with E-state index in [-0.39, 0.29) is 6.61 Å². The van der Waals surface area contributed by atoms with E-state index in [4.69, 9.17) is 10.4 Å². The van der Waals surface area contributed by atoms with Crippen LogP contribution in [0.3, 0.4) is 0 Å². The number of likely N-dealkylation sites (N-methyl/N-ethyl adjacent to an activating group) is 1. The first-order chi connectivity index (χ1) is 7.30. The lowest BCUT2D eigenvalue weighted by molar-refractivity contribution is 0.197. The van der Waals surface area contributed by atoms with E-state index in [2.05, 4.69) is 9.88 Å². The van der Waals surface area contributed by atoms with E-state index in [1.807, 2.05) is 19.1 Å². The molecule has 0 radical (unpaired) electrons. The molecule has 1 aromatic rings. The van der Waals surface area contributed by atoms with Crippen LogP contribution < -0.4 is 0 Å². The molecule has 15 heavy (non-hydrogen) atoms. The van der Waals surface area contributed by atoms with Crippen LogP contribution in [-0.4, -0.2) is 34.7 Å². The first-order valence-corrected chi connectivity index (χ1v) is 4.98. The van der Waals surface area contributed by atoms with Crippen LogP contribution in [0.2, 0.25) is 0 Å². The molecule has 0 atom stereocenters. The van der Waals surface area contributed by atoms with Crippen molar-refractivity contribution in [1.82, 2.24) is 9.88 Å². The van der Waals surface area contributed by atoms with Crippen molar-refractivity contribution in [2.24, 2.45) is 0 Å². The molecule has 4 heteroatoms. The van der Waals surface area contributed by atoms with Gasteiger partial charge >= 0.3 is 0 Å². The smallest absolute Gasteiger partial charge is 0.140 e. The highest BCUT2D eigenvalue weighted by molar-refractivity contribution is 5.25. The van der Waals surface area contributed by atoms with Gasteiger partial charge in [-0.15, -0.1) is 0 Å². The number of aliphatic hydroxyl groups is 1. The average Bonchev–Trinajstić information content (AvgIpc) is 2.29. The van der Waals surface area contributed by atoms with Gasteiger partial charge < -0.3 is 5.11 Å². The molecule has 0 amide bonds. The maximum absolute atomic E-state index is 8.84. The quantitative estimate of drug-likeness (QED) is 0.771. The van der Waals surface area contributed by atoms with Gasteiger partial charge in [0, 0.05) is 19.3 Å². The lowest BCUT2D eigenvalue weighted by Gasteiger charge is -2.18. The summed E-state index contributed by atoms with van der Waals surface area (Å²) >= 11 is 0. The van der Waals surface area contributed by atoms with Gasteiger partial charge in [0.2, 0.25) is 0 Å². The van der Waals surface area contributed by atoms with Crippen LogP contribution in [0.4, 0.5) is 0 Å². The summed E-state index contributed by atoms with van der Waals surface area (Å²) in [7, 11) is 0. The van der Waals surface area contributed by atoms with Crippen LogP contribution in [0.15, 0.2) is 18.3 Å². The monoisotopic (exact) mass is 205 g/mol. The molecule has 0 unspecified atom stereocenters. The molecular weight excluding hydrogens is 190 g/mol. The molecule has 0 aliphatic heterocycles. The van der Waals surface area contributed by atoms with Gasteiger partial charge in [0.25, 0.3) is 0 Å². The number of pyridine rings is 1. The topological polar surface area (TPSA) is 60.1 Å². The molecule has 0 spiro atoms. The van der Waals surface area contributed by atoms with Crippen LogP contribution >= 0.6 is 0 Å². The Kier molecular flexibility index (Phi) is 4.75. The van der Waals surface area contributed by atoms with Crippen molar-refractivity contribution in [2.75, 3.05) is 19.7 Å². The standard InChI is InChI=1S/C11H15N3O/c1-2-14(5-6-15)9-10-3-4-13-11(7-10)8-12/h3-4,7,15H,2,5-6,9H2,1H3. The summed E-state index contributed by atoms with van der Waals surface area (Å²) in [6.07, 6.45) is 1.64. The number of hydrogen-bond acceptors (Lipinski definition) is 4. The van der Waals surface area contributed by atoms with Crippen LogP contribution in [0, 0.1) is 11.3 Å². The highest BCUT2D eigenvalue weighted by Crippen LogP contribution is 2.05. The fraction of sp³-hybridized carbons (Fsp3) is 0.455. The summed E-state index contributed by atoms with van der Waals surface area (Å²) < 4.78 is 0. The molecule has 80 valence electrons. The Balaban J connectivity index is 2.66. The zero-order valence-corrected chi connectivity index (χ0v) is 8.85. The Bertz CT molecular complexity index is 346. The van der Waals surface area contributed by atoms with Gasteiger partial charge in [0.15, 0.2) is 0 Å². The van der Waals surface area contributed by atoms with Crippen LogP contribution in [0.5, 0.6) is 0 Å². The zero-order valence-electron chi connectivity index (χ0n) is 8.85. The molecule has 0 aromatic carbocycles. The van der Waals surface area contributed by atoms with E-state index in [1.165, 1.54) is 0 Å². The lowest BCUT2D eigenvalue weighted by Crippen LogP contribution is -2.26. The van der Waals surface area contributed by atoms with Gasteiger partial charge in [-0.3, -0.25) is 4.90 Å². The fourth-order valence-electron chi connectivity index (χ4n) is 1.38. The third-order valence-electron chi connectivity index (χ3n) is 2.21. The van der Waals surface area contributed by atoms with Crippen LogP contribution in [0.25, 0.3) is 0 Å². The van der Waals surface area contributed by atoms with Gasteiger partial charge in [0.1, 0.15) is 11.8 Å². The molecule has 1 N–H and O–H groups in total. The molecule has 1 heterocycles. The number of aliphatic hydroxyl groups excluding tert-OH is 1. The first-order valence-electron chi connectivity index (χ1n) is 4.98. The van der Waals surface area contributed by atoms with Gasteiger partial charge in [0.05, 0.1) is 6.61 Å². The number of rotatable bonds is 5. The molecule has 0 fully saturated rings. The van der Waals surface area contributed by atoms with E-state index in [9.17, 15) is 0 Å². The van der Waals surface area contributed by atoms with Gasteiger partial charge in [-0.2, -0.15) is 5.26 Å². The normalized spacial score (nSPS) is 10.3. The second kappa shape index (κ2) is 6.12. The highest BCUT2D eigenvalue weighted by Gasteiger charge is 2.03. The largest absolute Gasteiger partial charge is 0.395 e. The average molecular weight is 205 g/mol. The van der Waals surface area contributed by atoms with Crippen molar-refractivity contribution in [3.63, 3.8) is 0 Å². The molecule has 0 saturated heterocycles. The maximum Gasteiger partial charge on any atom is 0.140 e. The Morgan fingerprint density at radius 2 is 2.40 bits per heavy atom. The first kappa shape index (κ1) is 11.6. The molecule has 1 aromatic heterocycles. The molecule has 0 saturated carbocycles. The Labute approximate surface area is 89.8 Å². The number of hydrogen-bond donors (Lipinski definition) is 1. The van der Waals surface area contributed by atoms with Crippen molar-refractivity contribution in [1.29, 1.82) is 5.26 Å². The van der Waals surface area contributed by atoms with Crippen molar-refractivity contribution in [3.8, 4) is 6.07 Å². The molecule has 4 nitrogen and oxygen atoms in total. The third kappa shape index (κ3) is 3.66. The lowest BCUT2D eigenvalue weighted by atomic mass is 10.2. The van der Waals surface area contributed by atoms with E-state index in [1.54, 1.807) is 12.3 Å². The molecule has 0 aliphatic carbocycles. The SMILES string of the molecule is CCN(CCO)Cc1ccnc(C#N)c1. The maximum atomic E-state index is 8.84. The Morgan fingerprint density at radius 1 is 1.60 bits per heavy atom. The summed E-state index contributed by atoms with van der Waals surface area (Å²) in [5.41, 5.74) is 1.49. The third-order valence-corrected chi connectivity index (χ3v) is 2.21. The second-order valence-corrected chi connectivity index (χ2v) is 3.25. The summed E-state index contributed by atoms with van der Waals surface area (Å²) in [6.45, 7) is 4.48. The number of aromatic nitrogens is 1. The Morgan fingerprint density at radius 3 is 3.00 bits per heavy atom. The van der Waals surface area contributed by atoms with Crippen LogP contribution in [0.1, 0.15) is 18.2 Å². The van der Waals surface area contributed by atoms with E-state index in [0.29, 0.717) is 12.2 Å². The van der Waals surface area contributed by atoms with E-state index < -0.39 is 0 Å². The molecule has 0 bridgehead atoms. The molecule has 1 rings (SSSR count). The fourth-order valence-corrected chi connectivity index (χ4v) is 1.38. The van der Waals surface area contributed by atoms with Crippen LogP contribution in [-0.2, 0) is 6.54 Å². The number of nitrogens with zero attached hydrogens (tertiary/aromatic N) is 3. The van der Waals surface area contributed by atoms with Gasteiger partial charge in [-0.25, -0.2) is 4.98 Å². The minimum atomic E-state index is 0.157. The zero-order chi connectivity index (χ0) is 11.1. The number of nitriles is 1. The Hall–Kier alpha value is -1.44. The summed E-state index contributed by atoms with van der Waals surface area (Å²) in [5.74, 6) is 0. The van der Waals surface area contributed by atoms with Crippen molar-refractivity contribution >= 4 is 0 Å². The second-order valence-electron chi connectivity index (χ2n) is 3.25. The van der Waals surface area contributed by atoms with E-state index in [0.717, 1.165) is 18.7 Å². The van der Waals surface area contributed by atoms with Gasteiger partial charge in [-0.1, -0.05) is 6.92 Å². The highest BCUT2D eigenvalue weighted by atomic mass is 16.3. The summed E-state index contributed by atoms with van der Waals surface area (Å²) in [5, 5.41) is 17.5. The van der Waals surface area contributed by atoms with E-state index >= 15 is 0 Å². The van der Waals surface area contributed by atoms with Crippen molar-refractivity contribution in [2.45, 2.75) is 13.5 Å². The minimum Gasteiger partial charge on any atom is -0.395 e. The van der Waals surface area contributed by atoms with Crippen molar-refractivity contribution < 1.29 is 5.11 Å². The predicted octanol–water partition coefficient (Wildman–Crippen LogP) is 0.767. The molecule has 0 aliphatic rings.